The molecule has 1 aromatic heterocycles. The van der Waals surface area contributed by atoms with Crippen molar-refractivity contribution < 1.29 is 0 Å². The molecule has 0 amide bonds. The Bertz CT molecular complexity index is 454. The summed E-state index contributed by atoms with van der Waals surface area (Å²) < 4.78 is 0. The first-order valence-corrected chi connectivity index (χ1v) is 7.97. The number of fused-ring (bicyclic) bond motifs is 1. The summed E-state index contributed by atoms with van der Waals surface area (Å²) in [5.74, 6) is 1.80. The maximum absolute atomic E-state index is 5.96. The van der Waals surface area contributed by atoms with Gasteiger partial charge < -0.3 is 10.6 Å². The van der Waals surface area contributed by atoms with Crippen molar-refractivity contribution in [3.05, 3.63) is 22.9 Å². The van der Waals surface area contributed by atoms with Crippen LogP contribution in [0.3, 0.4) is 0 Å². The van der Waals surface area contributed by atoms with E-state index < -0.39 is 0 Å². The van der Waals surface area contributed by atoms with Crippen LogP contribution in [-0.4, -0.2) is 18.1 Å². The fraction of sp³-hybridized carbons (Fsp3) is 0.706. The maximum Gasteiger partial charge on any atom is 0.133 e. The van der Waals surface area contributed by atoms with Crippen molar-refractivity contribution in [2.24, 2.45) is 11.7 Å². The number of hydrogen-bond donors (Lipinski definition) is 1. The van der Waals surface area contributed by atoms with Gasteiger partial charge in [0.05, 0.1) is 0 Å². The average molecular weight is 275 g/mol. The molecule has 3 nitrogen and oxygen atoms in total. The lowest BCUT2D eigenvalue weighted by atomic mass is 9.94. The van der Waals surface area contributed by atoms with E-state index in [9.17, 15) is 0 Å². The second-order valence-corrected chi connectivity index (χ2v) is 6.58. The minimum Gasteiger partial charge on any atom is -0.357 e. The van der Waals surface area contributed by atoms with Gasteiger partial charge in [-0.25, -0.2) is 4.98 Å². The van der Waals surface area contributed by atoms with Crippen molar-refractivity contribution in [3.63, 3.8) is 0 Å². The fourth-order valence-corrected chi connectivity index (χ4v) is 3.18. The number of aromatic nitrogens is 1. The van der Waals surface area contributed by atoms with Gasteiger partial charge in [0, 0.05) is 30.9 Å². The van der Waals surface area contributed by atoms with Crippen molar-refractivity contribution in [1.82, 2.24) is 4.98 Å². The Balaban J connectivity index is 2.29. The van der Waals surface area contributed by atoms with Gasteiger partial charge in [-0.15, -0.1) is 0 Å². The highest BCUT2D eigenvalue weighted by Gasteiger charge is 2.19. The number of nitrogens with two attached hydrogens (primary N) is 1. The Hall–Kier alpha value is -1.09. The Morgan fingerprint density at radius 1 is 1.25 bits per heavy atom. The van der Waals surface area contributed by atoms with Gasteiger partial charge in [-0.2, -0.15) is 0 Å². The number of anilines is 1. The molecule has 1 aromatic rings. The molecule has 0 fully saturated rings. The second kappa shape index (κ2) is 6.57. The van der Waals surface area contributed by atoms with E-state index in [0.717, 1.165) is 12.2 Å². The quantitative estimate of drug-likeness (QED) is 0.896. The summed E-state index contributed by atoms with van der Waals surface area (Å²) in [5.41, 5.74) is 9.87. The van der Waals surface area contributed by atoms with Crippen molar-refractivity contribution in [2.45, 2.75) is 65.5 Å². The molecule has 2 rings (SSSR count). The summed E-state index contributed by atoms with van der Waals surface area (Å²) >= 11 is 0. The van der Waals surface area contributed by atoms with E-state index in [4.69, 9.17) is 10.7 Å². The normalized spacial score (nSPS) is 16.1. The van der Waals surface area contributed by atoms with Crippen LogP contribution in [0.5, 0.6) is 0 Å². The standard InChI is InChI=1S/C17H29N3/c1-12(2)9-13(3)20(4)17-15(11-18)10-14-7-5-6-8-16(14)19-17/h10,12-13H,5-9,11,18H2,1-4H3. The van der Waals surface area contributed by atoms with E-state index in [1.807, 2.05) is 0 Å². The molecule has 2 N–H and O–H groups in total. The van der Waals surface area contributed by atoms with Gasteiger partial charge in [-0.3, -0.25) is 0 Å². The molecule has 20 heavy (non-hydrogen) atoms. The third-order valence-corrected chi connectivity index (χ3v) is 4.38. The van der Waals surface area contributed by atoms with E-state index in [0.29, 0.717) is 18.5 Å². The number of hydrogen-bond acceptors (Lipinski definition) is 3. The van der Waals surface area contributed by atoms with Crippen LogP contribution in [0.25, 0.3) is 0 Å². The van der Waals surface area contributed by atoms with Crippen LogP contribution < -0.4 is 10.6 Å². The summed E-state index contributed by atoms with van der Waals surface area (Å²) in [6, 6.07) is 2.80. The van der Waals surface area contributed by atoms with Crippen LogP contribution in [0.2, 0.25) is 0 Å². The van der Waals surface area contributed by atoms with Crippen molar-refractivity contribution in [2.75, 3.05) is 11.9 Å². The van der Waals surface area contributed by atoms with Crippen LogP contribution >= 0.6 is 0 Å². The molecule has 1 heterocycles. The Morgan fingerprint density at radius 3 is 2.60 bits per heavy atom. The van der Waals surface area contributed by atoms with E-state index in [2.05, 4.69) is 38.8 Å². The monoisotopic (exact) mass is 275 g/mol. The third kappa shape index (κ3) is 3.32. The topological polar surface area (TPSA) is 42.2 Å². The van der Waals surface area contributed by atoms with E-state index in [-0.39, 0.29) is 0 Å². The molecule has 0 saturated carbocycles. The number of nitrogens with zero attached hydrogens (tertiary/aromatic N) is 2. The summed E-state index contributed by atoms with van der Waals surface area (Å²) in [7, 11) is 2.16. The lowest BCUT2D eigenvalue weighted by Gasteiger charge is -2.30. The highest BCUT2D eigenvalue weighted by molar-refractivity contribution is 5.50. The fourth-order valence-electron chi connectivity index (χ4n) is 3.18. The van der Waals surface area contributed by atoms with Gasteiger partial charge in [-0.05, 0) is 56.6 Å². The zero-order chi connectivity index (χ0) is 14.7. The Kier molecular flexibility index (Phi) is 5.03. The van der Waals surface area contributed by atoms with Crippen molar-refractivity contribution >= 4 is 5.82 Å². The predicted molar refractivity (Wildman–Crippen MR) is 86.1 cm³/mol. The molecule has 0 saturated heterocycles. The SMILES string of the molecule is CC(C)CC(C)N(C)c1nc2c(cc1CN)CCCC2. The van der Waals surface area contributed by atoms with Gasteiger partial charge in [0.15, 0.2) is 0 Å². The second-order valence-electron chi connectivity index (χ2n) is 6.58. The minimum absolute atomic E-state index is 0.495. The van der Waals surface area contributed by atoms with Gasteiger partial charge in [0.1, 0.15) is 5.82 Å². The lowest BCUT2D eigenvalue weighted by Crippen LogP contribution is -2.32. The zero-order valence-electron chi connectivity index (χ0n) is 13.4. The van der Waals surface area contributed by atoms with E-state index in [1.165, 1.54) is 42.5 Å². The van der Waals surface area contributed by atoms with Crippen LogP contribution in [0.1, 0.15) is 56.9 Å². The summed E-state index contributed by atoms with van der Waals surface area (Å²) in [5, 5.41) is 0. The lowest BCUT2D eigenvalue weighted by molar-refractivity contribution is 0.500. The Labute approximate surface area is 123 Å². The van der Waals surface area contributed by atoms with E-state index >= 15 is 0 Å². The number of aryl methyl sites for hydroxylation is 2. The summed E-state index contributed by atoms with van der Waals surface area (Å²) in [4.78, 5) is 7.27. The molecule has 0 radical (unpaired) electrons. The number of pyridine rings is 1. The van der Waals surface area contributed by atoms with Gasteiger partial charge in [0.2, 0.25) is 0 Å². The zero-order valence-corrected chi connectivity index (χ0v) is 13.4. The molecule has 3 heteroatoms. The first kappa shape index (κ1) is 15.3. The third-order valence-electron chi connectivity index (χ3n) is 4.38. The molecule has 0 bridgehead atoms. The average Bonchev–Trinajstić information content (AvgIpc) is 2.44. The van der Waals surface area contributed by atoms with Gasteiger partial charge in [-0.1, -0.05) is 13.8 Å². The van der Waals surface area contributed by atoms with Gasteiger partial charge in [0.25, 0.3) is 0 Å². The molecular formula is C17H29N3. The molecule has 0 spiro atoms. The summed E-state index contributed by atoms with van der Waals surface area (Å²) in [6.07, 6.45) is 6.03. The molecule has 1 aliphatic carbocycles. The first-order chi connectivity index (χ1) is 9.52. The molecule has 1 atom stereocenters. The molecule has 1 aliphatic rings. The molecule has 0 aromatic carbocycles. The van der Waals surface area contributed by atoms with Crippen molar-refractivity contribution in [3.8, 4) is 0 Å². The maximum atomic E-state index is 5.96. The Morgan fingerprint density at radius 2 is 1.95 bits per heavy atom. The van der Waals surface area contributed by atoms with Crippen LogP contribution in [-0.2, 0) is 19.4 Å². The molecule has 1 unspecified atom stereocenters. The van der Waals surface area contributed by atoms with E-state index in [1.54, 1.807) is 0 Å². The van der Waals surface area contributed by atoms with Crippen LogP contribution in [0.15, 0.2) is 6.07 Å². The van der Waals surface area contributed by atoms with Crippen molar-refractivity contribution in [1.29, 1.82) is 0 Å². The first-order valence-electron chi connectivity index (χ1n) is 7.97. The molecular weight excluding hydrogens is 246 g/mol. The molecule has 0 aliphatic heterocycles. The summed E-state index contributed by atoms with van der Waals surface area (Å²) in [6.45, 7) is 7.40. The van der Waals surface area contributed by atoms with Gasteiger partial charge >= 0.3 is 0 Å². The highest BCUT2D eigenvalue weighted by Crippen LogP contribution is 2.27. The predicted octanol–water partition coefficient (Wildman–Crippen LogP) is 3.29. The smallest absolute Gasteiger partial charge is 0.133 e. The minimum atomic E-state index is 0.495. The number of rotatable bonds is 5. The largest absolute Gasteiger partial charge is 0.357 e. The molecule has 112 valence electrons. The van der Waals surface area contributed by atoms with Crippen LogP contribution in [0, 0.1) is 5.92 Å². The van der Waals surface area contributed by atoms with Crippen LogP contribution in [0.4, 0.5) is 5.82 Å². The highest BCUT2D eigenvalue weighted by atomic mass is 15.2.